The van der Waals surface area contributed by atoms with Gasteiger partial charge < -0.3 is 14.7 Å². The molecule has 1 N–H and O–H groups in total. The molecule has 1 saturated heterocycles. The fourth-order valence-corrected chi connectivity index (χ4v) is 3.55. The van der Waals surface area contributed by atoms with Crippen LogP contribution in [-0.4, -0.2) is 27.6 Å². The van der Waals surface area contributed by atoms with Gasteiger partial charge in [0.25, 0.3) is 0 Å². The van der Waals surface area contributed by atoms with Gasteiger partial charge in [0.05, 0.1) is 0 Å². The summed E-state index contributed by atoms with van der Waals surface area (Å²) in [7, 11) is 0. The summed E-state index contributed by atoms with van der Waals surface area (Å²) in [6.07, 6.45) is 1.73. The minimum atomic E-state index is -0.197. The molecule has 1 unspecified atom stereocenters. The normalized spacial score (nSPS) is 16.4. The third-order valence-electron chi connectivity index (χ3n) is 5.27. The van der Waals surface area contributed by atoms with Gasteiger partial charge in [0, 0.05) is 17.8 Å². The topological polar surface area (TPSA) is 71.3 Å². The molecule has 6 heteroatoms. The molecule has 0 bridgehead atoms. The van der Waals surface area contributed by atoms with Gasteiger partial charge >= 0.3 is 6.03 Å². The van der Waals surface area contributed by atoms with Gasteiger partial charge in [-0.3, -0.25) is 0 Å². The molecule has 0 aliphatic carbocycles. The number of nitrogens with zero attached hydrogens (tertiary/aromatic N) is 3. The highest BCUT2D eigenvalue weighted by Gasteiger charge is 2.34. The number of benzene rings is 2. The van der Waals surface area contributed by atoms with Gasteiger partial charge in [0.1, 0.15) is 6.04 Å². The highest BCUT2D eigenvalue weighted by molar-refractivity contribution is 5.89. The van der Waals surface area contributed by atoms with Crippen LogP contribution in [0.15, 0.2) is 47.0 Å². The zero-order valence-electron chi connectivity index (χ0n) is 16.4. The summed E-state index contributed by atoms with van der Waals surface area (Å²) in [6, 6.07) is 13.6. The Morgan fingerprint density at radius 3 is 2.79 bits per heavy atom. The summed E-state index contributed by atoms with van der Waals surface area (Å²) < 4.78 is 5.53. The second-order valence-electron chi connectivity index (χ2n) is 7.41. The minimum Gasteiger partial charge on any atom is -0.337 e. The Morgan fingerprint density at radius 1 is 1.14 bits per heavy atom. The molecule has 0 radical (unpaired) electrons. The lowest BCUT2D eigenvalue weighted by atomic mass is 10.1. The molecule has 2 amide bonds. The van der Waals surface area contributed by atoms with Crippen molar-refractivity contribution in [3.8, 4) is 11.4 Å². The third-order valence-corrected chi connectivity index (χ3v) is 5.27. The monoisotopic (exact) mass is 376 g/mol. The van der Waals surface area contributed by atoms with E-state index in [0.29, 0.717) is 18.3 Å². The molecule has 1 atom stereocenters. The number of carbonyl (C=O) groups excluding carboxylic acids is 1. The minimum absolute atomic E-state index is 0.138. The second kappa shape index (κ2) is 7.46. The van der Waals surface area contributed by atoms with Crippen molar-refractivity contribution in [1.29, 1.82) is 0 Å². The Balaban J connectivity index is 1.52. The molecule has 1 fully saturated rings. The Bertz CT molecular complexity index is 1010. The number of hydrogen-bond acceptors (Lipinski definition) is 4. The lowest BCUT2D eigenvalue weighted by molar-refractivity contribution is 0.193. The number of hydrogen-bond donors (Lipinski definition) is 1. The van der Waals surface area contributed by atoms with Crippen LogP contribution in [0.2, 0.25) is 0 Å². The number of rotatable bonds is 3. The molecular weight excluding hydrogens is 352 g/mol. The predicted octanol–water partition coefficient (Wildman–Crippen LogP) is 5.03. The molecule has 1 aliphatic rings. The molecule has 28 heavy (non-hydrogen) atoms. The van der Waals surface area contributed by atoms with Crippen LogP contribution in [0, 0.1) is 20.8 Å². The van der Waals surface area contributed by atoms with E-state index in [1.54, 1.807) is 4.90 Å². The van der Waals surface area contributed by atoms with Gasteiger partial charge in [-0.25, -0.2) is 4.79 Å². The van der Waals surface area contributed by atoms with E-state index < -0.39 is 0 Å². The highest BCUT2D eigenvalue weighted by Crippen LogP contribution is 2.32. The molecule has 1 aromatic heterocycles. The van der Waals surface area contributed by atoms with E-state index in [1.165, 1.54) is 5.56 Å². The first kappa shape index (κ1) is 18.2. The summed E-state index contributed by atoms with van der Waals surface area (Å²) >= 11 is 0. The van der Waals surface area contributed by atoms with Gasteiger partial charge in [-0.05, 0) is 62.9 Å². The molecule has 2 heterocycles. The largest absolute Gasteiger partial charge is 0.337 e. The second-order valence-corrected chi connectivity index (χ2v) is 7.41. The Hall–Kier alpha value is -3.15. The molecule has 3 aromatic rings. The average molecular weight is 376 g/mol. The van der Waals surface area contributed by atoms with E-state index in [2.05, 4.69) is 22.4 Å². The lowest BCUT2D eigenvalue weighted by Gasteiger charge is -2.22. The summed E-state index contributed by atoms with van der Waals surface area (Å²) in [5.41, 5.74) is 5.20. The number of carbonyl (C=O) groups is 1. The number of aromatic nitrogens is 2. The zero-order valence-corrected chi connectivity index (χ0v) is 16.4. The number of aryl methyl sites for hydroxylation is 3. The number of likely N-dealkylation sites (tertiary alicyclic amines) is 1. The molecule has 4 rings (SSSR count). The Kier molecular flexibility index (Phi) is 4.86. The van der Waals surface area contributed by atoms with Crippen LogP contribution in [0.1, 0.15) is 41.5 Å². The average Bonchev–Trinajstić information content (AvgIpc) is 3.33. The zero-order chi connectivity index (χ0) is 19.7. The van der Waals surface area contributed by atoms with Gasteiger partial charge in [-0.15, -0.1) is 0 Å². The van der Waals surface area contributed by atoms with Gasteiger partial charge in [-0.1, -0.05) is 35.0 Å². The van der Waals surface area contributed by atoms with E-state index in [9.17, 15) is 4.79 Å². The number of amides is 2. The van der Waals surface area contributed by atoms with Crippen LogP contribution in [0.4, 0.5) is 10.5 Å². The Morgan fingerprint density at radius 2 is 2.00 bits per heavy atom. The standard InChI is InChI=1S/C22H24N4O2/c1-14-6-4-7-17(12-14)20-24-21(28-25-20)19-8-5-11-26(19)22(27)23-18-10-9-15(2)16(3)13-18/h4,6-7,9-10,12-13,19H,5,8,11H2,1-3H3,(H,23,27). The van der Waals surface area contributed by atoms with Crippen LogP contribution >= 0.6 is 0 Å². The molecular formula is C22H24N4O2. The van der Waals surface area contributed by atoms with E-state index in [-0.39, 0.29) is 12.1 Å². The van der Waals surface area contributed by atoms with E-state index >= 15 is 0 Å². The summed E-state index contributed by atoms with van der Waals surface area (Å²) in [5.74, 6) is 1.05. The number of anilines is 1. The first-order valence-corrected chi connectivity index (χ1v) is 9.57. The summed E-state index contributed by atoms with van der Waals surface area (Å²) in [5, 5.41) is 7.12. The third kappa shape index (κ3) is 3.63. The Labute approximate surface area is 164 Å². The quantitative estimate of drug-likeness (QED) is 0.696. The highest BCUT2D eigenvalue weighted by atomic mass is 16.5. The van der Waals surface area contributed by atoms with E-state index in [0.717, 1.165) is 35.2 Å². The fourth-order valence-electron chi connectivity index (χ4n) is 3.55. The van der Waals surface area contributed by atoms with E-state index in [4.69, 9.17) is 4.52 Å². The van der Waals surface area contributed by atoms with Crippen molar-refractivity contribution in [2.24, 2.45) is 0 Å². The SMILES string of the molecule is Cc1cccc(-c2noc(C3CCCN3C(=O)Nc3ccc(C)c(C)c3)n2)c1. The van der Waals surface area contributed by atoms with Crippen molar-refractivity contribution in [2.75, 3.05) is 11.9 Å². The first-order valence-electron chi connectivity index (χ1n) is 9.57. The van der Waals surface area contributed by atoms with Crippen molar-refractivity contribution < 1.29 is 9.32 Å². The molecule has 1 aliphatic heterocycles. The molecule has 0 saturated carbocycles. The number of nitrogens with one attached hydrogen (secondary N) is 1. The fraction of sp³-hybridized carbons (Fsp3) is 0.318. The molecule has 2 aromatic carbocycles. The predicted molar refractivity (Wildman–Crippen MR) is 108 cm³/mol. The van der Waals surface area contributed by atoms with Crippen molar-refractivity contribution >= 4 is 11.7 Å². The molecule has 0 spiro atoms. The van der Waals surface area contributed by atoms with Crippen LogP contribution in [0.3, 0.4) is 0 Å². The smallest absolute Gasteiger partial charge is 0.322 e. The maximum atomic E-state index is 12.8. The first-order chi connectivity index (χ1) is 13.5. The van der Waals surface area contributed by atoms with Gasteiger partial charge in [0.2, 0.25) is 11.7 Å². The van der Waals surface area contributed by atoms with Gasteiger partial charge in [-0.2, -0.15) is 4.98 Å². The van der Waals surface area contributed by atoms with Crippen LogP contribution in [0.5, 0.6) is 0 Å². The lowest BCUT2D eigenvalue weighted by Crippen LogP contribution is -2.34. The van der Waals surface area contributed by atoms with Crippen LogP contribution < -0.4 is 5.32 Å². The maximum Gasteiger partial charge on any atom is 0.322 e. The number of urea groups is 1. The summed E-state index contributed by atoms with van der Waals surface area (Å²) in [6.45, 7) is 6.79. The van der Waals surface area contributed by atoms with Gasteiger partial charge in [0.15, 0.2) is 0 Å². The van der Waals surface area contributed by atoms with Crippen molar-refractivity contribution in [3.63, 3.8) is 0 Å². The van der Waals surface area contributed by atoms with Crippen molar-refractivity contribution in [1.82, 2.24) is 15.0 Å². The van der Waals surface area contributed by atoms with E-state index in [1.807, 2.05) is 56.3 Å². The van der Waals surface area contributed by atoms with Crippen LogP contribution in [0.25, 0.3) is 11.4 Å². The molecule has 6 nitrogen and oxygen atoms in total. The molecule has 144 valence electrons. The summed E-state index contributed by atoms with van der Waals surface area (Å²) in [4.78, 5) is 19.2. The van der Waals surface area contributed by atoms with Crippen molar-refractivity contribution in [3.05, 3.63) is 65.0 Å². The maximum absolute atomic E-state index is 12.8. The van der Waals surface area contributed by atoms with Crippen LogP contribution in [-0.2, 0) is 0 Å². The van der Waals surface area contributed by atoms with Crippen molar-refractivity contribution in [2.45, 2.75) is 39.7 Å².